The fraction of sp³-hybridized carbons (Fsp3) is 0.263. The van der Waals surface area contributed by atoms with Gasteiger partial charge in [0, 0.05) is 13.1 Å². The van der Waals surface area contributed by atoms with E-state index < -0.39 is 11.9 Å². The normalized spacial score (nSPS) is 21.8. The second-order valence-corrected chi connectivity index (χ2v) is 6.30. The van der Waals surface area contributed by atoms with Crippen LogP contribution in [0.4, 0.5) is 4.79 Å². The van der Waals surface area contributed by atoms with Crippen LogP contribution in [0, 0.1) is 5.92 Å². The smallest absolute Gasteiger partial charge is 0.336 e. The molecule has 0 N–H and O–H groups in total. The Kier molecular flexibility index (Phi) is 3.80. The third-order valence-corrected chi connectivity index (χ3v) is 4.76. The van der Waals surface area contributed by atoms with Gasteiger partial charge in [-0.05, 0) is 23.6 Å². The van der Waals surface area contributed by atoms with Crippen molar-refractivity contribution in [2.75, 3.05) is 13.1 Å². The molecule has 1 aromatic carbocycles. The summed E-state index contributed by atoms with van der Waals surface area (Å²) < 4.78 is 0. The third kappa shape index (κ3) is 2.80. The Morgan fingerprint density at radius 2 is 1.96 bits per heavy atom. The molecule has 126 valence electrons. The van der Waals surface area contributed by atoms with Gasteiger partial charge in [-0.3, -0.25) is 14.5 Å². The summed E-state index contributed by atoms with van der Waals surface area (Å²) in [6.45, 7) is 0.836. The van der Waals surface area contributed by atoms with Crippen molar-refractivity contribution in [3.8, 4) is 0 Å². The van der Waals surface area contributed by atoms with E-state index in [0.717, 1.165) is 16.9 Å². The van der Waals surface area contributed by atoms with E-state index in [1.165, 1.54) is 5.56 Å². The molecular formula is C19H17N3O3. The van der Waals surface area contributed by atoms with Gasteiger partial charge in [-0.25, -0.2) is 4.79 Å². The molecule has 0 bridgehead atoms. The number of carbonyl (C=O) groups is 3. The highest BCUT2D eigenvalue weighted by molar-refractivity contribution is 6.22. The van der Waals surface area contributed by atoms with Crippen LogP contribution < -0.4 is 0 Å². The number of urea groups is 1. The van der Waals surface area contributed by atoms with Crippen LogP contribution in [0.1, 0.15) is 11.1 Å². The number of imide groups is 1. The largest absolute Gasteiger partial charge is 0.351 e. The summed E-state index contributed by atoms with van der Waals surface area (Å²) in [4.78, 5) is 43.9. The molecule has 2 aliphatic heterocycles. The predicted molar refractivity (Wildman–Crippen MR) is 91.9 cm³/mol. The molecule has 0 fully saturated rings. The highest BCUT2D eigenvalue weighted by atomic mass is 16.2. The topological polar surface area (TPSA) is 70.0 Å². The Bertz CT molecular complexity index is 853. The summed E-state index contributed by atoms with van der Waals surface area (Å²) in [5.74, 6) is -1.19. The number of hydrogen-bond acceptors (Lipinski definition) is 3. The zero-order chi connectivity index (χ0) is 17.4. The van der Waals surface area contributed by atoms with Crippen molar-refractivity contribution in [1.82, 2.24) is 9.80 Å². The lowest BCUT2D eigenvalue weighted by atomic mass is 9.95. The molecule has 2 heterocycles. The molecule has 0 aromatic heterocycles. The average Bonchev–Trinajstić information content (AvgIpc) is 2.64. The van der Waals surface area contributed by atoms with Crippen LogP contribution in [0.25, 0.3) is 0 Å². The van der Waals surface area contributed by atoms with Gasteiger partial charge in [0.2, 0.25) is 11.8 Å². The first-order valence-electron chi connectivity index (χ1n) is 8.27. The fourth-order valence-electron chi connectivity index (χ4n) is 3.37. The maximum Gasteiger partial charge on any atom is 0.351 e. The van der Waals surface area contributed by atoms with Crippen LogP contribution in [0.5, 0.6) is 0 Å². The molecule has 25 heavy (non-hydrogen) atoms. The fourth-order valence-corrected chi connectivity index (χ4v) is 3.37. The predicted octanol–water partition coefficient (Wildman–Crippen LogP) is 1.72. The van der Waals surface area contributed by atoms with E-state index >= 15 is 0 Å². The van der Waals surface area contributed by atoms with Crippen LogP contribution >= 0.6 is 0 Å². The van der Waals surface area contributed by atoms with E-state index in [-0.39, 0.29) is 18.4 Å². The average molecular weight is 335 g/mol. The number of allylic oxidation sites excluding steroid dienone is 3. The van der Waals surface area contributed by atoms with Crippen molar-refractivity contribution in [1.29, 1.82) is 0 Å². The molecular weight excluding hydrogens is 318 g/mol. The van der Waals surface area contributed by atoms with Crippen LogP contribution in [0.15, 0.2) is 53.6 Å². The second kappa shape index (κ2) is 6.12. The number of rotatable bonds is 2. The molecule has 4 amide bonds. The molecule has 0 saturated carbocycles. The SMILES string of the molecule is O=C(CN1C(=O)N=C2C=CC=CC2C1=O)N1CCc2ccccc2C1. The zero-order valence-electron chi connectivity index (χ0n) is 13.6. The molecule has 6 nitrogen and oxygen atoms in total. The van der Waals surface area contributed by atoms with Crippen molar-refractivity contribution < 1.29 is 14.4 Å². The highest BCUT2D eigenvalue weighted by Gasteiger charge is 2.37. The van der Waals surface area contributed by atoms with Crippen LogP contribution in [-0.2, 0) is 22.6 Å². The van der Waals surface area contributed by atoms with E-state index in [4.69, 9.17) is 0 Å². The third-order valence-electron chi connectivity index (χ3n) is 4.76. The Balaban J connectivity index is 1.49. The van der Waals surface area contributed by atoms with Gasteiger partial charge in [0.1, 0.15) is 6.54 Å². The van der Waals surface area contributed by atoms with Crippen LogP contribution in [0.3, 0.4) is 0 Å². The Hall–Kier alpha value is -3.02. The summed E-state index contributed by atoms with van der Waals surface area (Å²) in [6.07, 6.45) is 7.62. The van der Waals surface area contributed by atoms with Gasteiger partial charge in [0.05, 0.1) is 11.6 Å². The maximum atomic E-state index is 12.6. The number of carbonyl (C=O) groups excluding carboxylic acids is 3. The lowest BCUT2D eigenvalue weighted by Crippen LogP contribution is -2.51. The minimum absolute atomic E-state index is 0.231. The second-order valence-electron chi connectivity index (χ2n) is 6.30. The first-order valence-corrected chi connectivity index (χ1v) is 8.27. The summed E-state index contributed by atoms with van der Waals surface area (Å²) in [6, 6.07) is 7.34. The van der Waals surface area contributed by atoms with Crippen molar-refractivity contribution in [3.05, 3.63) is 59.7 Å². The van der Waals surface area contributed by atoms with Crippen molar-refractivity contribution in [2.24, 2.45) is 10.9 Å². The monoisotopic (exact) mass is 335 g/mol. The first kappa shape index (κ1) is 15.5. The molecule has 1 atom stereocenters. The zero-order valence-corrected chi connectivity index (χ0v) is 13.6. The van der Waals surface area contributed by atoms with Gasteiger partial charge < -0.3 is 4.90 Å². The van der Waals surface area contributed by atoms with E-state index in [1.54, 1.807) is 29.2 Å². The van der Waals surface area contributed by atoms with Gasteiger partial charge >= 0.3 is 6.03 Å². The lowest BCUT2D eigenvalue weighted by molar-refractivity contribution is -0.139. The number of amides is 4. The molecule has 1 aromatic rings. The van der Waals surface area contributed by atoms with Crippen molar-refractivity contribution >= 4 is 23.6 Å². The van der Waals surface area contributed by atoms with E-state index in [1.807, 2.05) is 18.2 Å². The van der Waals surface area contributed by atoms with Gasteiger partial charge in [-0.1, -0.05) is 42.5 Å². The standard InChI is InChI=1S/C19H17N3O3/c23-17(21-10-9-13-5-1-2-6-14(13)11-21)12-22-18(24)15-7-3-4-8-16(15)20-19(22)25/h1-8,15H,9-12H2. The van der Waals surface area contributed by atoms with Gasteiger partial charge in [0.15, 0.2) is 0 Å². The van der Waals surface area contributed by atoms with Crippen molar-refractivity contribution in [2.45, 2.75) is 13.0 Å². The Morgan fingerprint density at radius 3 is 2.80 bits per heavy atom. The number of nitrogens with zero attached hydrogens (tertiary/aromatic N) is 3. The first-order chi connectivity index (χ1) is 12.1. The molecule has 0 saturated heterocycles. The quantitative estimate of drug-likeness (QED) is 0.826. The number of hydrogen-bond donors (Lipinski definition) is 0. The van der Waals surface area contributed by atoms with Crippen LogP contribution in [0.2, 0.25) is 0 Å². The van der Waals surface area contributed by atoms with Gasteiger partial charge in [-0.15, -0.1) is 0 Å². The summed E-state index contributed by atoms with van der Waals surface area (Å²) >= 11 is 0. The molecule has 6 heteroatoms. The van der Waals surface area contributed by atoms with E-state index in [9.17, 15) is 14.4 Å². The molecule has 0 radical (unpaired) electrons. The number of aliphatic imine (C=N–C) groups is 1. The van der Waals surface area contributed by atoms with Gasteiger partial charge in [0.25, 0.3) is 0 Å². The van der Waals surface area contributed by atoms with Crippen molar-refractivity contribution in [3.63, 3.8) is 0 Å². The molecule has 0 spiro atoms. The Morgan fingerprint density at radius 1 is 1.16 bits per heavy atom. The molecule has 1 aliphatic carbocycles. The van der Waals surface area contributed by atoms with Gasteiger partial charge in [-0.2, -0.15) is 4.99 Å². The summed E-state index contributed by atoms with van der Waals surface area (Å²) in [7, 11) is 0. The Labute approximate surface area is 145 Å². The number of fused-ring (bicyclic) bond motifs is 2. The molecule has 3 aliphatic rings. The van der Waals surface area contributed by atoms with E-state index in [2.05, 4.69) is 11.1 Å². The molecule has 1 unspecified atom stereocenters. The summed E-state index contributed by atoms with van der Waals surface area (Å²) in [5, 5.41) is 0. The van der Waals surface area contributed by atoms with Crippen LogP contribution in [-0.4, -0.2) is 46.4 Å². The molecule has 4 rings (SSSR count). The lowest BCUT2D eigenvalue weighted by Gasteiger charge is -2.32. The number of benzene rings is 1. The highest BCUT2D eigenvalue weighted by Crippen LogP contribution is 2.21. The maximum absolute atomic E-state index is 12.6. The minimum atomic E-state index is -0.665. The summed E-state index contributed by atoms with van der Waals surface area (Å²) in [5.41, 5.74) is 2.79. The minimum Gasteiger partial charge on any atom is -0.336 e. The van der Waals surface area contributed by atoms with E-state index in [0.29, 0.717) is 18.8 Å².